The van der Waals surface area contributed by atoms with Gasteiger partial charge in [0.1, 0.15) is 6.33 Å². The van der Waals surface area contributed by atoms with Crippen LogP contribution >= 0.6 is 0 Å². The first-order valence-corrected chi connectivity index (χ1v) is 8.07. The van der Waals surface area contributed by atoms with E-state index in [0.29, 0.717) is 5.88 Å². The summed E-state index contributed by atoms with van der Waals surface area (Å²) < 4.78 is 5.38. The Hall–Kier alpha value is -3.27. The van der Waals surface area contributed by atoms with Crippen LogP contribution in [-0.4, -0.2) is 22.1 Å². The molecule has 2 aromatic carbocycles. The number of aryl methyl sites for hydroxylation is 1. The Bertz CT molecular complexity index is 1060. The van der Waals surface area contributed by atoms with E-state index in [2.05, 4.69) is 64.3 Å². The van der Waals surface area contributed by atoms with Crippen molar-refractivity contribution in [1.29, 1.82) is 0 Å². The molecule has 2 heterocycles. The number of pyridine rings is 1. The summed E-state index contributed by atoms with van der Waals surface area (Å²) in [6, 6.07) is 18.5. The molecule has 0 radical (unpaired) electrons. The zero-order chi connectivity index (χ0) is 17.2. The fourth-order valence-electron chi connectivity index (χ4n) is 3.02. The Labute approximate surface area is 146 Å². The molecule has 0 amide bonds. The predicted octanol–water partition coefficient (Wildman–Crippen LogP) is 4.68. The molecule has 0 atom stereocenters. The lowest BCUT2D eigenvalue weighted by Crippen LogP contribution is -1.93. The van der Waals surface area contributed by atoms with E-state index in [9.17, 15) is 0 Å². The minimum atomic E-state index is 0.577. The van der Waals surface area contributed by atoms with Crippen molar-refractivity contribution in [2.24, 2.45) is 0 Å². The number of benzene rings is 2. The van der Waals surface area contributed by atoms with Gasteiger partial charge in [0.15, 0.2) is 0 Å². The van der Waals surface area contributed by atoms with E-state index in [-0.39, 0.29) is 0 Å². The summed E-state index contributed by atoms with van der Waals surface area (Å²) in [4.78, 5) is 13.1. The highest BCUT2D eigenvalue weighted by Gasteiger charge is 2.11. The van der Waals surface area contributed by atoms with Crippen LogP contribution in [0, 0.1) is 6.92 Å². The molecule has 0 bridgehead atoms. The van der Waals surface area contributed by atoms with E-state index in [1.807, 2.05) is 18.3 Å². The first kappa shape index (κ1) is 15.3. The van der Waals surface area contributed by atoms with E-state index in [1.54, 1.807) is 7.11 Å². The van der Waals surface area contributed by atoms with Crippen LogP contribution in [0.2, 0.25) is 0 Å². The number of methoxy groups -OCH3 is 1. The summed E-state index contributed by atoms with van der Waals surface area (Å²) in [5.74, 6) is 0.577. The van der Waals surface area contributed by atoms with Crippen LogP contribution in [0.5, 0.6) is 5.88 Å². The zero-order valence-electron chi connectivity index (χ0n) is 14.1. The molecule has 0 saturated carbocycles. The standard InChI is InChI=1S/C21H17N3O/c1-14-5-3-6-16(11-14)20-17(7-4-10-22-20)15-8-9-19-18(12-15)21(25-2)24-13-23-19/h3-13H,1-2H3. The summed E-state index contributed by atoms with van der Waals surface area (Å²) in [7, 11) is 1.62. The Morgan fingerprint density at radius 3 is 2.60 bits per heavy atom. The zero-order valence-corrected chi connectivity index (χ0v) is 14.1. The van der Waals surface area contributed by atoms with E-state index in [4.69, 9.17) is 4.74 Å². The number of hydrogen-bond acceptors (Lipinski definition) is 4. The van der Waals surface area contributed by atoms with Gasteiger partial charge in [-0.3, -0.25) is 4.98 Å². The van der Waals surface area contributed by atoms with Gasteiger partial charge in [-0.05, 0) is 36.8 Å². The first-order chi connectivity index (χ1) is 12.3. The molecule has 0 aliphatic carbocycles. The SMILES string of the molecule is COc1ncnc2ccc(-c3cccnc3-c3cccc(C)c3)cc12. The van der Waals surface area contributed by atoms with E-state index < -0.39 is 0 Å². The maximum atomic E-state index is 5.38. The van der Waals surface area contributed by atoms with Crippen LogP contribution in [0.4, 0.5) is 0 Å². The first-order valence-electron chi connectivity index (χ1n) is 8.07. The van der Waals surface area contributed by atoms with Crippen molar-refractivity contribution in [2.45, 2.75) is 6.92 Å². The third-order valence-electron chi connectivity index (χ3n) is 4.20. The molecule has 4 rings (SSSR count). The topological polar surface area (TPSA) is 47.9 Å². The van der Waals surface area contributed by atoms with Gasteiger partial charge < -0.3 is 4.74 Å². The maximum Gasteiger partial charge on any atom is 0.224 e. The second-order valence-electron chi connectivity index (χ2n) is 5.88. The number of hydrogen-bond donors (Lipinski definition) is 0. The third kappa shape index (κ3) is 2.83. The molecular weight excluding hydrogens is 310 g/mol. The van der Waals surface area contributed by atoms with Crippen molar-refractivity contribution in [1.82, 2.24) is 15.0 Å². The highest BCUT2D eigenvalue weighted by molar-refractivity contribution is 5.90. The van der Waals surface area contributed by atoms with Gasteiger partial charge in [-0.2, -0.15) is 0 Å². The third-order valence-corrected chi connectivity index (χ3v) is 4.20. The minimum absolute atomic E-state index is 0.577. The van der Waals surface area contributed by atoms with Crippen LogP contribution < -0.4 is 4.74 Å². The van der Waals surface area contributed by atoms with Crippen LogP contribution in [-0.2, 0) is 0 Å². The smallest absolute Gasteiger partial charge is 0.224 e. The van der Waals surface area contributed by atoms with Crippen molar-refractivity contribution in [3.8, 4) is 28.3 Å². The Balaban J connectivity index is 1.92. The Morgan fingerprint density at radius 2 is 1.76 bits per heavy atom. The molecule has 4 nitrogen and oxygen atoms in total. The molecule has 0 saturated heterocycles. The van der Waals surface area contributed by atoms with Crippen molar-refractivity contribution in [3.05, 3.63) is 72.7 Å². The fraction of sp³-hybridized carbons (Fsp3) is 0.0952. The molecule has 122 valence electrons. The van der Waals surface area contributed by atoms with Gasteiger partial charge in [0.2, 0.25) is 5.88 Å². The number of nitrogens with zero attached hydrogens (tertiary/aromatic N) is 3. The summed E-state index contributed by atoms with van der Waals surface area (Å²) >= 11 is 0. The highest BCUT2D eigenvalue weighted by Crippen LogP contribution is 2.33. The van der Waals surface area contributed by atoms with Crippen molar-refractivity contribution in [3.63, 3.8) is 0 Å². The van der Waals surface area contributed by atoms with Gasteiger partial charge >= 0.3 is 0 Å². The van der Waals surface area contributed by atoms with Crippen LogP contribution in [0.1, 0.15) is 5.56 Å². The van der Waals surface area contributed by atoms with E-state index in [1.165, 1.54) is 11.9 Å². The monoisotopic (exact) mass is 327 g/mol. The largest absolute Gasteiger partial charge is 0.480 e. The number of fused-ring (bicyclic) bond motifs is 1. The lowest BCUT2D eigenvalue weighted by molar-refractivity contribution is 0.402. The Kier molecular flexibility index (Phi) is 3.86. The quantitative estimate of drug-likeness (QED) is 0.548. The normalized spacial score (nSPS) is 10.8. The molecular formula is C21H17N3O. The fourth-order valence-corrected chi connectivity index (χ4v) is 3.02. The van der Waals surface area contributed by atoms with Crippen LogP contribution in [0.25, 0.3) is 33.3 Å². The predicted molar refractivity (Wildman–Crippen MR) is 99.5 cm³/mol. The number of ether oxygens (including phenoxy) is 1. The van der Waals surface area contributed by atoms with Gasteiger partial charge in [-0.15, -0.1) is 0 Å². The van der Waals surface area contributed by atoms with Crippen LogP contribution in [0.15, 0.2) is 67.1 Å². The summed E-state index contributed by atoms with van der Waals surface area (Å²) in [6.45, 7) is 2.09. The van der Waals surface area contributed by atoms with Gasteiger partial charge in [0.05, 0.1) is 23.7 Å². The molecule has 0 unspecified atom stereocenters. The molecule has 0 fully saturated rings. The van der Waals surface area contributed by atoms with Crippen molar-refractivity contribution < 1.29 is 4.74 Å². The molecule has 0 N–H and O–H groups in total. The van der Waals surface area contributed by atoms with E-state index in [0.717, 1.165) is 33.3 Å². The van der Waals surface area contributed by atoms with Gasteiger partial charge in [0, 0.05) is 17.3 Å². The second-order valence-corrected chi connectivity index (χ2v) is 5.88. The lowest BCUT2D eigenvalue weighted by Gasteiger charge is -2.11. The average molecular weight is 327 g/mol. The summed E-state index contributed by atoms with van der Waals surface area (Å²) in [5, 5.41) is 0.890. The van der Waals surface area contributed by atoms with Gasteiger partial charge in [-0.1, -0.05) is 35.9 Å². The lowest BCUT2D eigenvalue weighted by atomic mass is 9.97. The van der Waals surface area contributed by atoms with Gasteiger partial charge in [-0.25, -0.2) is 9.97 Å². The van der Waals surface area contributed by atoms with Crippen LogP contribution in [0.3, 0.4) is 0 Å². The van der Waals surface area contributed by atoms with E-state index >= 15 is 0 Å². The molecule has 0 aliphatic heterocycles. The number of aromatic nitrogens is 3. The molecule has 0 aliphatic rings. The molecule has 0 spiro atoms. The molecule has 25 heavy (non-hydrogen) atoms. The van der Waals surface area contributed by atoms with Gasteiger partial charge in [0.25, 0.3) is 0 Å². The summed E-state index contributed by atoms with van der Waals surface area (Å²) in [5.41, 5.74) is 6.26. The second kappa shape index (κ2) is 6.32. The molecule has 4 aromatic rings. The molecule has 4 heteroatoms. The minimum Gasteiger partial charge on any atom is -0.480 e. The highest BCUT2D eigenvalue weighted by atomic mass is 16.5. The Morgan fingerprint density at radius 1 is 0.840 bits per heavy atom. The summed E-state index contributed by atoms with van der Waals surface area (Å²) in [6.07, 6.45) is 3.34. The average Bonchev–Trinajstić information content (AvgIpc) is 2.67. The number of rotatable bonds is 3. The van der Waals surface area contributed by atoms with Crippen molar-refractivity contribution in [2.75, 3.05) is 7.11 Å². The molecule has 2 aromatic heterocycles. The maximum absolute atomic E-state index is 5.38. The van der Waals surface area contributed by atoms with Crippen molar-refractivity contribution >= 4 is 10.9 Å².